The molecule has 0 saturated carbocycles. The van der Waals surface area contributed by atoms with E-state index in [1.165, 1.54) is 6.42 Å². The summed E-state index contributed by atoms with van der Waals surface area (Å²) in [6, 6.07) is 0.207. The highest BCUT2D eigenvalue weighted by molar-refractivity contribution is 7.99. The molecular formula is C13H21N3OS. The van der Waals surface area contributed by atoms with Gasteiger partial charge in [-0.3, -0.25) is 0 Å². The minimum Gasteiger partial charge on any atom is -0.377 e. The van der Waals surface area contributed by atoms with Crippen LogP contribution in [0.4, 0.5) is 0 Å². The molecule has 2 unspecified atom stereocenters. The molecule has 1 aliphatic rings. The summed E-state index contributed by atoms with van der Waals surface area (Å²) >= 11 is 1.67. The summed E-state index contributed by atoms with van der Waals surface area (Å²) in [5, 5.41) is 0.833. The van der Waals surface area contributed by atoms with Gasteiger partial charge >= 0.3 is 0 Å². The van der Waals surface area contributed by atoms with Gasteiger partial charge in [-0.05, 0) is 31.2 Å². The smallest absolute Gasteiger partial charge is 0.187 e. The number of hydrogen-bond donors (Lipinski definition) is 1. The van der Waals surface area contributed by atoms with Gasteiger partial charge in [0.05, 0.1) is 6.10 Å². The zero-order chi connectivity index (χ0) is 12.8. The molecule has 2 N–H and O–H groups in total. The highest BCUT2D eigenvalue weighted by Crippen LogP contribution is 2.21. The third-order valence-electron chi connectivity index (χ3n) is 3.13. The number of aromatic nitrogens is 2. The zero-order valence-corrected chi connectivity index (χ0v) is 11.7. The van der Waals surface area contributed by atoms with Crippen LogP contribution in [0.15, 0.2) is 17.6 Å². The molecule has 100 valence electrons. The van der Waals surface area contributed by atoms with Crippen molar-refractivity contribution < 1.29 is 4.74 Å². The Hall–Kier alpha value is -0.650. The first kappa shape index (κ1) is 13.8. The van der Waals surface area contributed by atoms with E-state index in [0.29, 0.717) is 6.10 Å². The van der Waals surface area contributed by atoms with Gasteiger partial charge in [-0.25, -0.2) is 9.97 Å². The Balaban J connectivity index is 1.79. The van der Waals surface area contributed by atoms with E-state index in [2.05, 4.69) is 16.9 Å². The monoisotopic (exact) mass is 267 g/mol. The number of nitrogens with two attached hydrogens (primary N) is 1. The Morgan fingerprint density at radius 2 is 2.28 bits per heavy atom. The Kier molecular flexibility index (Phi) is 5.41. The van der Waals surface area contributed by atoms with E-state index in [1.807, 2.05) is 12.4 Å². The molecule has 0 bridgehead atoms. The lowest BCUT2D eigenvalue weighted by Crippen LogP contribution is -2.21. The maximum Gasteiger partial charge on any atom is 0.187 e. The van der Waals surface area contributed by atoms with Crippen LogP contribution < -0.4 is 5.73 Å². The first-order chi connectivity index (χ1) is 8.78. The second-order valence-electron chi connectivity index (χ2n) is 4.69. The third kappa shape index (κ3) is 4.23. The number of nitrogens with zero attached hydrogens (tertiary/aromatic N) is 2. The SMILES string of the molecule is CCC(N)Cc1cnc(SCC2CCCO2)nc1. The molecular weight excluding hydrogens is 246 g/mol. The van der Waals surface area contributed by atoms with E-state index in [0.717, 1.165) is 42.3 Å². The lowest BCUT2D eigenvalue weighted by atomic mass is 10.1. The van der Waals surface area contributed by atoms with E-state index in [9.17, 15) is 0 Å². The molecule has 18 heavy (non-hydrogen) atoms. The summed E-state index contributed by atoms with van der Waals surface area (Å²) in [5.74, 6) is 0.952. The van der Waals surface area contributed by atoms with Crippen LogP contribution in [0, 0.1) is 0 Å². The van der Waals surface area contributed by atoms with Crippen molar-refractivity contribution in [2.75, 3.05) is 12.4 Å². The van der Waals surface area contributed by atoms with Crippen LogP contribution >= 0.6 is 11.8 Å². The Labute approximate surface area is 113 Å². The number of ether oxygens (including phenoxy) is 1. The third-order valence-corrected chi connectivity index (χ3v) is 4.13. The molecule has 1 aromatic rings. The Bertz CT molecular complexity index is 352. The predicted octanol–water partition coefficient (Wildman–Crippen LogP) is 2.03. The summed E-state index contributed by atoms with van der Waals surface area (Å²) in [7, 11) is 0. The maximum atomic E-state index is 5.91. The number of hydrogen-bond acceptors (Lipinski definition) is 5. The van der Waals surface area contributed by atoms with Crippen molar-refractivity contribution in [2.24, 2.45) is 5.73 Å². The Morgan fingerprint density at radius 1 is 1.50 bits per heavy atom. The van der Waals surface area contributed by atoms with Crippen molar-refractivity contribution in [2.45, 2.75) is 49.9 Å². The molecule has 2 rings (SSSR count). The van der Waals surface area contributed by atoms with E-state index < -0.39 is 0 Å². The molecule has 1 saturated heterocycles. The summed E-state index contributed by atoms with van der Waals surface area (Å²) in [4.78, 5) is 8.74. The van der Waals surface area contributed by atoms with Crippen LogP contribution in [0.1, 0.15) is 31.7 Å². The molecule has 2 atom stereocenters. The fourth-order valence-corrected chi connectivity index (χ4v) is 2.77. The van der Waals surface area contributed by atoms with E-state index in [-0.39, 0.29) is 6.04 Å². The Morgan fingerprint density at radius 3 is 2.89 bits per heavy atom. The molecule has 1 fully saturated rings. The fourth-order valence-electron chi connectivity index (χ4n) is 1.91. The van der Waals surface area contributed by atoms with Crippen molar-refractivity contribution in [3.8, 4) is 0 Å². The predicted molar refractivity (Wildman–Crippen MR) is 73.7 cm³/mol. The standard InChI is InChI=1S/C13H21N3OS/c1-2-11(14)6-10-7-15-13(16-8-10)18-9-12-4-3-5-17-12/h7-8,11-12H,2-6,9,14H2,1H3. The van der Waals surface area contributed by atoms with Crippen LogP contribution in [0.5, 0.6) is 0 Å². The molecule has 4 nitrogen and oxygen atoms in total. The number of rotatable bonds is 6. The molecule has 2 heterocycles. The molecule has 0 amide bonds. The first-order valence-corrected chi connectivity index (χ1v) is 7.57. The highest BCUT2D eigenvalue weighted by atomic mass is 32.2. The van der Waals surface area contributed by atoms with Crippen molar-refractivity contribution in [3.05, 3.63) is 18.0 Å². The van der Waals surface area contributed by atoms with Gasteiger partial charge in [-0.15, -0.1) is 0 Å². The minimum atomic E-state index is 0.207. The quantitative estimate of drug-likeness (QED) is 0.631. The average Bonchev–Trinajstić information content (AvgIpc) is 2.91. The largest absolute Gasteiger partial charge is 0.377 e. The highest BCUT2D eigenvalue weighted by Gasteiger charge is 2.16. The second kappa shape index (κ2) is 7.07. The summed E-state index contributed by atoms with van der Waals surface area (Å²) < 4.78 is 5.57. The van der Waals surface area contributed by atoms with Crippen LogP contribution in [0.3, 0.4) is 0 Å². The second-order valence-corrected chi connectivity index (χ2v) is 5.68. The fraction of sp³-hybridized carbons (Fsp3) is 0.692. The van der Waals surface area contributed by atoms with Crippen molar-refractivity contribution in [1.29, 1.82) is 0 Å². The van der Waals surface area contributed by atoms with E-state index in [1.54, 1.807) is 11.8 Å². The van der Waals surface area contributed by atoms with Gasteiger partial charge in [0.25, 0.3) is 0 Å². The normalized spacial score (nSPS) is 21.1. The van der Waals surface area contributed by atoms with E-state index >= 15 is 0 Å². The lowest BCUT2D eigenvalue weighted by Gasteiger charge is -2.09. The minimum absolute atomic E-state index is 0.207. The average molecular weight is 267 g/mol. The molecule has 0 aromatic carbocycles. The lowest BCUT2D eigenvalue weighted by molar-refractivity contribution is 0.129. The van der Waals surface area contributed by atoms with Crippen LogP contribution in [-0.2, 0) is 11.2 Å². The van der Waals surface area contributed by atoms with Gasteiger partial charge in [0.2, 0.25) is 0 Å². The van der Waals surface area contributed by atoms with Gasteiger partial charge in [0.15, 0.2) is 5.16 Å². The van der Waals surface area contributed by atoms with Crippen LogP contribution in [0.25, 0.3) is 0 Å². The van der Waals surface area contributed by atoms with Crippen LogP contribution in [0.2, 0.25) is 0 Å². The van der Waals surface area contributed by atoms with Gasteiger partial charge in [0, 0.05) is 30.8 Å². The van der Waals surface area contributed by atoms with Crippen molar-refractivity contribution in [1.82, 2.24) is 9.97 Å². The molecule has 0 radical (unpaired) electrons. The molecule has 0 spiro atoms. The maximum absolute atomic E-state index is 5.91. The summed E-state index contributed by atoms with van der Waals surface area (Å²) in [6.45, 7) is 3.00. The number of thioether (sulfide) groups is 1. The summed E-state index contributed by atoms with van der Waals surface area (Å²) in [5.41, 5.74) is 7.02. The zero-order valence-electron chi connectivity index (χ0n) is 10.8. The topological polar surface area (TPSA) is 61.0 Å². The van der Waals surface area contributed by atoms with Gasteiger partial charge in [-0.2, -0.15) is 0 Å². The van der Waals surface area contributed by atoms with Gasteiger partial charge in [0.1, 0.15) is 0 Å². The molecule has 1 aliphatic heterocycles. The molecule has 5 heteroatoms. The van der Waals surface area contributed by atoms with Crippen molar-refractivity contribution >= 4 is 11.8 Å². The molecule has 1 aromatic heterocycles. The van der Waals surface area contributed by atoms with Crippen LogP contribution in [-0.4, -0.2) is 34.5 Å². The van der Waals surface area contributed by atoms with Gasteiger partial charge < -0.3 is 10.5 Å². The molecule has 0 aliphatic carbocycles. The van der Waals surface area contributed by atoms with Gasteiger partial charge in [-0.1, -0.05) is 18.7 Å². The first-order valence-electron chi connectivity index (χ1n) is 6.59. The summed E-state index contributed by atoms with van der Waals surface area (Å²) in [6.07, 6.45) is 8.34. The van der Waals surface area contributed by atoms with E-state index in [4.69, 9.17) is 10.5 Å². The van der Waals surface area contributed by atoms with Crippen molar-refractivity contribution in [3.63, 3.8) is 0 Å².